The zero-order valence-electron chi connectivity index (χ0n) is 12.7. The number of aromatic nitrogens is 4. The molecule has 0 saturated heterocycles. The molecule has 5 nitrogen and oxygen atoms in total. The molecule has 0 amide bonds. The summed E-state index contributed by atoms with van der Waals surface area (Å²) in [6.45, 7) is 4.25. The van der Waals surface area contributed by atoms with E-state index in [2.05, 4.69) is 34.0 Å². The van der Waals surface area contributed by atoms with Gasteiger partial charge in [0.1, 0.15) is 5.69 Å². The van der Waals surface area contributed by atoms with E-state index in [4.69, 9.17) is 4.52 Å². The van der Waals surface area contributed by atoms with Crippen LogP contribution in [0.5, 0.6) is 0 Å². The highest BCUT2D eigenvalue weighted by Crippen LogP contribution is 2.24. The number of rotatable bonds is 5. The highest BCUT2D eigenvalue weighted by atomic mass is 16.5. The van der Waals surface area contributed by atoms with E-state index in [0.717, 1.165) is 29.7 Å². The minimum Gasteiger partial charge on any atom is -0.339 e. The van der Waals surface area contributed by atoms with Crippen LogP contribution >= 0.6 is 0 Å². The third-order valence-corrected chi connectivity index (χ3v) is 3.78. The molecule has 3 heterocycles. The van der Waals surface area contributed by atoms with Gasteiger partial charge in [-0.3, -0.25) is 9.97 Å². The van der Waals surface area contributed by atoms with Crippen LogP contribution in [0.15, 0.2) is 47.4 Å². The summed E-state index contributed by atoms with van der Waals surface area (Å²) in [5.41, 5.74) is 2.84. The van der Waals surface area contributed by atoms with Gasteiger partial charge >= 0.3 is 0 Å². The fourth-order valence-electron chi connectivity index (χ4n) is 2.38. The molecule has 5 heteroatoms. The summed E-state index contributed by atoms with van der Waals surface area (Å²) < 4.78 is 5.37. The second-order valence-corrected chi connectivity index (χ2v) is 5.14. The van der Waals surface area contributed by atoms with E-state index >= 15 is 0 Å². The highest BCUT2D eigenvalue weighted by molar-refractivity contribution is 5.64. The van der Waals surface area contributed by atoms with E-state index < -0.39 is 0 Å². The van der Waals surface area contributed by atoms with Crippen molar-refractivity contribution in [2.75, 3.05) is 0 Å². The Morgan fingerprint density at radius 1 is 1.00 bits per heavy atom. The Bertz CT molecular complexity index is 718. The van der Waals surface area contributed by atoms with Gasteiger partial charge in [0.2, 0.25) is 11.7 Å². The summed E-state index contributed by atoms with van der Waals surface area (Å²) in [6, 6.07) is 7.83. The molecule has 0 saturated carbocycles. The Kier molecular flexibility index (Phi) is 4.23. The van der Waals surface area contributed by atoms with Gasteiger partial charge in [-0.2, -0.15) is 4.98 Å². The Balaban J connectivity index is 1.84. The first kappa shape index (κ1) is 14.4. The predicted octanol–water partition coefficient (Wildman–Crippen LogP) is 4.10. The standard InChI is InChI=1S/C17H18N4O/c1-3-12(4-2)17-20-16(21-22-17)15-6-5-14(11-19-15)13-7-9-18-10-8-13/h5-12H,3-4H2,1-2H3. The van der Waals surface area contributed by atoms with Crippen molar-refractivity contribution in [2.45, 2.75) is 32.6 Å². The van der Waals surface area contributed by atoms with Gasteiger partial charge in [0.05, 0.1) is 0 Å². The average molecular weight is 294 g/mol. The first-order valence-electron chi connectivity index (χ1n) is 7.52. The van der Waals surface area contributed by atoms with Crippen molar-refractivity contribution in [3.63, 3.8) is 0 Å². The molecule has 3 aromatic rings. The van der Waals surface area contributed by atoms with Crippen LogP contribution in [-0.4, -0.2) is 20.1 Å². The summed E-state index contributed by atoms with van der Waals surface area (Å²) in [4.78, 5) is 12.9. The average Bonchev–Trinajstić information content (AvgIpc) is 3.07. The van der Waals surface area contributed by atoms with Gasteiger partial charge in [0.15, 0.2) is 0 Å². The van der Waals surface area contributed by atoms with Crippen LogP contribution < -0.4 is 0 Å². The molecule has 22 heavy (non-hydrogen) atoms. The van der Waals surface area contributed by atoms with Gasteiger partial charge in [0.25, 0.3) is 0 Å². The van der Waals surface area contributed by atoms with Crippen molar-refractivity contribution in [3.05, 3.63) is 48.7 Å². The smallest absolute Gasteiger partial charge is 0.230 e. The lowest BCUT2D eigenvalue weighted by Crippen LogP contribution is -1.95. The monoisotopic (exact) mass is 294 g/mol. The van der Waals surface area contributed by atoms with E-state index in [1.54, 1.807) is 12.4 Å². The predicted molar refractivity (Wildman–Crippen MR) is 84.1 cm³/mol. The van der Waals surface area contributed by atoms with E-state index in [-0.39, 0.29) is 0 Å². The van der Waals surface area contributed by atoms with Crippen molar-refractivity contribution in [1.82, 2.24) is 20.1 Å². The Morgan fingerprint density at radius 3 is 2.41 bits per heavy atom. The van der Waals surface area contributed by atoms with E-state index in [9.17, 15) is 0 Å². The van der Waals surface area contributed by atoms with Crippen LogP contribution in [0.25, 0.3) is 22.6 Å². The molecule has 0 fully saturated rings. The first-order chi connectivity index (χ1) is 10.8. The molecule has 0 N–H and O–H groups in total. The highest BCUT2D eigenvalue weighted by Gasteiger charge is 2.16. The molecule has 112 valence electrons. The van der Waals surface area contributed by atoms with Crippen LogP contribution in [0.1, 0.15) is 38.5 Å². The fourth-order valence-corrected chi connectivity index (χ4v) is 2.38. The molecule has 0 bridgehead atoms. The van der Waals surface area contributed by atoms with Crippen LogP contribution in [0.4, 0.5) is 0 Å². The number of pyridine rings is 2. The quantitative estimate of drug-likeness (QED) is 0.709. The first-order valence-corrected chi connectivity index (χ1v) is 7.52. The molecule has 3 aromatic heterocycles. The lowest BCUT2D eigenvalue weighted by Gasteiger charge is -2.04. The zero-order valence-corrected chi connectivity index (χ0v) is 12.7. The largest absolute Gasteiger partial charge is 0.339 e. The molecule has 0 atom stereocenters. The van der Waals surface area contributed by atoms with Crippen molar-refractivity contribution in [3.8, 4) is 22.6 Å². The molecule has 3 rings (SSSR count). The van der Waals surface area contributed by atoms with Gasteiger partial charge in [-0.1, -0.05) is 25.1 Å². The Labute approximate surface area is 129 Å². The minimum absolute atomic E-state index is 0.317. The van der Waals surface area contributed by atoms with Gasteiger partial charge < -0.3 is 4.52 Å². The third kappa shape index (κ3) is 2.88. The molecule has 0 aliphatic carbocycles. The topological polar surface area (TPSA) is 64.7 Å². The van der Waals surface area contributed by atoms with E-state index in [0.29, 0.717) is 17.6 Å². The molecule has 0 unspecified atom stereocenters. The van der Waals surface area contributed by atoms with Crippen LogP contribution in [-0.2, 0) is 0 Å². The van der Waals surface area contributed by atoms with Crippen molar-refractivity contribution >= 4 is 0 Å². The molecule has 0 radical (unpaired) electrons. The summed E-state index contributed by atoms with van der Waals surface area (Å²) in [5.74, 6) is 1.56. The number of hydrogen-bond donors (Lipinski definition) is 0. The maximum atomic E-state index is 5.37. The molecule has 0 aromatic carbocycles. The Morgan fingerprint density at radius 2 is 1.77 bits per heavy atom. The maximum absolute atomic E-state index is 5.37. The van der Waals surface area contributed by atoms with Gasteiger partial charge in [-0.15, -0.1) is 0 Å². The summed E-state index contributed by atoms with van der Waals surface area (Å²) >= 11 is 0. The summed E-state index contributed by atoms with van der Waals surface area (Å²) in [5, 5.41) is 4.05. The molecular weight excluding hydrogens is 276 g/mol. The van der Waals surface area contributed by atoms with Crippen LogP contribution in [0.3, 0.4) is 0 Å². The minimum atomic E-state index is 0.317. The molecule has 0 spiro atoms. The molecule has 0 aliphatic heterocycles. The second-order valence-electron chi connectivity index (χ2n) is 5.14. The normalized spacial score (nSPS) is 11.0. The molecular formula is C17H18N4O. The van der Waals surface area contributed by atoms with Gasteiger partial charge in [-0.05, 0) is 36.6 Å². The number of nitrogens with zero attached hydrogens (tertiary/aromatic N) is 4. The third-order valence-electron chi connectivity index (χ3n) is 3.78. The summed E-state index contributed by atoms with van der Waals surface area (Å²) in [6.07, 6.45) is 7.34. The van der Waals surface area contributed by atoms with Gasteiger partial charge in [-0.25, -0.2) is 0 Å². The number of hydrogen-bond acceptors (Lipinski definition) is 5. The lowest BCUT2D eigenvalue weighted by atomic mass is 10.0. The van der Waals surface area contributed by atoms with E-state index in [1.165, 1.54) is 0 Å². The van der Waals surface area contributed by atoms with Crippen molar-refractivity contribution in [2.24, 2.45) is 0 Å². The van der Waals surface area contributed by atoms with Crippen LogP contribution in [0.2, 0.25) is 0 Å². The zero-order chi connectivity index (χ0) is 15.4. The van der Waals surface area contributed by atoms with E-state index in [1.807, 2.05) is 30.5 Å². The summed E-state index contributed by atoms with van der Waals surface area (Å²) in [7, 11) is 0. The SMILES string of the molecule is CCC(CC)c1nc(-c2ccc(-c3ccncc3)cn2)no1. The lowest BCUT2D eigenvalue weighted by molar-refractivity contribution is 0.346. The Hall–Kier alpha value is -2.56. The van der Waals surface area contributed by atoms with Crippen LogP contribution in [0, 0.1) is 0 Å². The molecule has 0 aliphatic rings. The van der Waals surface area contributed by atoms with Gasteiger partial charge in [0, 0.05) is 30.1 Å². The second kappa shape index (κ2) is 6.47. The fraction of sp³-hybridized carbons (Fsp3) is 0.294. The maximum Gasteiger partial charge on any atom is 0.230 e. The van der Waals surface area contributed by atoms with Crippen molar-refractivity contribution < 1.29 is 4.52 Å². The van der Waals surface area contributed by atoms with Crippen molar-refractivity contribution in [1.29, 1.82) is 0 Å².